The van der Waals surface area contributed by atoms with Gasteiger partial charge in [0.2, 0.25) is 11.9 Å². The molecule has 0 aliphatic heterocycles. The maximum Gasteiger partial charge on any atom is 0.235 e. The van der Waals surface area contributed by atoms with Crippen molar-refractivity contribution in [3.63, 3.8) is 0 Å². The molecule has 0 saturated carbocycles. The molecule has 0 N–H and O–H groups in total. The van der Waals surface area contributed by atoms with E-state index < -0.39 is 0 Å². The minimum atomic E-state index is 0.632. The van der Waals surface area contributed by atoms with Crippen LogP contribution in [0.4, 0.5) is 0 Å². The van der Waals surface area contributed by atoms with E-state index in [0.29, 0.717) is 11.9 Å². The van der Waals surface area contributed by atoms with E-state index in [-0.39, 0.29) is 0 Å². The van der Waals surface area contributed by atoms with Gasteiger partial charge >= 0.3 is 0 Å². The number of rotatable bonds is 9. The second-order valence-electron chi connectivity index (χ2n) is 33.9. The quantitative estimate of drug-likeness (QED) is 0.142. The van der Waals surface area contributed by atoms with Gasteiger partial charge in [0.15, 0.2) is 0 Å². The van der Waals surface area contributed by atoms with Gasteiger partial charge in [0.25, 0.3) is 0 Å². The molecule has 133 heavy (non-hydrogen) atoms. The zero-order valence-electron chi connectivity index (χ0n) is 71.3. The van der Waals surface area contributed by atoms with E-state index in [4.69, 9.17) is 33.8 Å². The van der Waals surface area contributed by atoms with Crippen LogP contribution in [0.5, 0.6) is 0 Å². The Morgan fingerprint density at radius 1 is 0.195 bits per heavy atom. The van der Waals surface area contributed by atoms with Crippen LogP contribution in [-0.4, -0.2) is 38.6 Å². The van der Waals surface area contributed by atoms with Gasteiger partial charge in [0.1, 0.15) is 28.1 Å². The van der Waals surface area contributed by atoms with E-state index in [9.17, 15) is 0 Å². The molecule has 620 valence electrons. The number of fused-ring (bicyclic) bond motifs is 27. The molecule has 0 amide bonds. The molecule has 0 radical (unpaired) electrons. The molecule has 0 aliphatic rings. The van der Waals surface area contributed by atoms with Crippen LogP contribution in [0.3, 0.4) is 0 Å². The van der Waals surface area contributed by atoms with Crippen LogP contribution in [0.15, 0.2) is 446 Å². The Labute approximate surface area is 768 Å². The van der Waals surface area contributed by atoms with E-state index in [1.54, 1.807) is 0 Å². The molecule has 0 aliphatic carbocycles. The highest BCUT2D eigenvalue weighted by Gasteiger charge is 2.27. The Kier molecular flexibility index (Phi) is 17.5. The van der Waals surface area contributed by atoms with Gasteiger partial charge in [-0.1, -0.05) is 334 Å². The van der Waals surface area contributed by atoms with Gasteiger partial charge in [-0.3, -0.25) is 13.7 Å². The highest BCUT2D eigenvalue weighted by molar-refractivity contribution is 7.27. The topological polar surface area (TPSA) is 106 Å². The maximum absolute atomic E-state index is 6.63. The number of hydrogen-bond donors (Lipinski definition) is 0. The van der Waals surface area contributed by atoms with Crippen molar-refractivity contribution < 1.29 is 8.83 Å². The fraction of sp³-hybridized carbons (Fsp3) is 0. The van der Waals surface area contributed by atoms with Gasteiger partial charge < -0.3 is 8.83 Å². The number of pyridine rings is 1. The first kappa shape index (κ1) is 75.8. The largest absolute Gasteiger partial charge is 0.455 e. The lowest BCUT2D eigenvalue weighted by Gasteiger charge is -2.13. The molecule has 0 saturated heterocycles. The van der Waals surface area contributed by atoms with Gasteiger partial charge in [0.05, 0.1) is 71.8 Å². The summed E-state index contributed by atoms with van der Waals surface area (Å²) in [6, 6.07) is 154. The highest BCUT2D eigenvalue weighted by Crippen LogP contribution is 2.49. The number of thiophene rings is 2. The second-order valence-corrected chi connectivity index (χ2v) is 36.0. The number of furan rings is 2. The number of benzene rings is 19. The first-order valence-electron chi connectivity index (χ1n) is 44.7. The maximum atomic E-state index is 6.63. The molecule has 0 unspecified atom stereocenters. The SMILES string of the molecule is c1ccc(-c2ccc(-c3cc(-n4c5ccccc5c5c6sc7ccccc7c6ccc54)nc4ccccc34)cc2)cc1.c1ccc(-c2ccc3c4c5oc6ccccc6c5ccc4n(-c4nc(-c5cccc6c5sc5ccccc56)c5ccccc5n4)c3c2)cc1.c1ccc(-c2ccc3nc(-n4c5ccccc5c5c6oc7ccccc7c6ccc54)nc(-c4ccccc4)c3c2)cc1. The molecule has 10 heterocycles. The fourth-order valence-corrected chi connectivity index (χ4v) is 22.9. The summed E-state index contributed by atoms with van der Waals surface area (Å²) >= 11 is 3.71. The van der Waals surface area contributed by atoms with Crippen molar-refractivity contribution in [2.45, 2.75) is 0 Å². The number of para-hydroxylation sites is 6. The molecule has 0 bridgehead atoms. The third-order valence-corrected chi connectivity index (χ3v) is 28.9. The fourth-order valence-electron chi connectivity index (χ4n) is 20.4. The predicted molar refractivity (Wildman–Crippen MR) is 557 cm³/mol. The average molecular weight is 1730 g/mol. The molecule has 29 rings (SSSR count). The summed E-state index contributed by atoms with van der Waals surface area (Å²) in [5.41, 5.74) is 26.2. The molecule has 0 fully saturated rings. The molecule has 10 nitrogen and oxygen atoms in total. The highest BCUT2D eigenvalue weighted by atomic mass is 32.1. The second kappa shape index (κ2) is 30.7. The van der Waals surface area contributed by atoms with Crippen LogP contribution >= 0.6 is 22.7 Å². The zero-order valence-corrected chi connectivity index (χ0v) is 72.9. The Morgan fingerprint density at radius 2 is 0.594 bits per heavy atom. The lowest BCUT2D eigenvalue weighted by atomic mass is 9.98. The van der Waals surface area contributed by atoms with Crippen LogP contribution in [0.25, 0.3) is 267 Å². The molecule has 0 spiro atoms. The van der Waals surface area contributed by atoms with Crippen molar-refractivity contribution in [3.8, 4) is 84.7 Å². The predicted octanol–water partition coefficient (Wildman–Crippen LogP) is 33.3. The van der Waals surface area contributed by atoms with Crippen molar-refractivity contribution in [1.29, 1.82) is 0 Å². The van der Waals surface area contributed by atoms with E-state index in [0.717, 1.165) is 165 Å². The summed E-state index contributed by atoms with van der Waals surface area (Å²) < 4.78 is 25.0. The summed E-state index contributed by atoms with van der Waals surface area (Å²) in [5.74, 6) is 2.20. The van der Waals surface area contributed by atoms with Gasteiger partial charge in [0, 0.05) is 111 Å². The van der Waals surface area contributed by atoms with E-state index in [1.807, 2.05) is 59.1 Å². The first-order chi connectivity index (χ1) is 66.0. The van der Waals surface area contributed by atoms with Crippen molar-refractivity contribution in [2.75, 3.05) is 0 Å². The molecule has 0 atom stereocenters. The van der Waals surface area contributed by atoms with Gasteiger partial charge in [-0.2, -0.15) is 0 Å². The van der Waals surface area contributed by atoms with E-state index in [1.165, 1.54) is 90.0 Å². The number of nitrogens with zero attached hydrogens (tertiary/aromatic N) is 8. The molecule has 10 aromatic heterocycles. The summed E-state index contributed by atoms with van der Waals surface area (Å²) in [6.07, 6.45) is 0. The first-order valence-corrected chi connectivity index (χ1v) is 46.4. The lowest BCUT2D eigenvalue weighted by molar-refractivity contribution is 0.672. The molecule has 29 aromatic rings. The minimum absolute atomic E-state index is 0.632. The summed E-state index contributed by atoms with van der Waals surface area (Å²) in [5, 5.41) is 19.7. The Hall–Kier alpha value is -17.3. The van der Waals surface area contributed by atoms with Crippen LogP contribution in [0.2, 0.25) is 0 Å². The third-order valence-electron chi connectivity index (χ3n) is 26.5. The average Bonchev–Trinajstić information content (AvgIpc) is 1.57. The van der Waals surface area contributed by atoms with Crippen LogP contribution in [0, 0.1) is 0 Å². The van der Waals surface area contributed by atoms with E-state index >= 15 is 0 Å². The van der Waals surface area contributed by atoms with Crippen LogP contribution < -0.4 is 0 Å². The Morgan fingerprint density at radius 3 is 1.21 bits per heavy atom. The Balaban J connectivity index is 0.000000102. The molecule has 19 aromatic carbocycles. The third kappa shape index (κ3) is 12.3. The van der Waals surface area contributed by atoms with E-state index in [2.05, 4.69) is 414 Å². The molecular weight excluding hydrogens is 1660 g/mol. The van der Waals surface area contributed by atoms with Gasteiger partial charge in [-0.15, -0.1) is 22.7 Å². The number of aromatic nitrogens is 8. The summed E-state index contributed by atoms with van der Waals surface area (Å²) in [4.78, 5) is 26.5. The van der Waals surface area contributed by atoms with Gasteiger partial charge in [-0.25, -0.2) is 24.9 Å². The monoisotopic (exact) mass is 1730 g/mol. The van der Waals surface area contributed by atoms with Crippen LogP contribution in [-0.2, 0) is 0 Å². The van der Waals surface area contributed by atoms with Crippen molar-refractivity contribution >= 4 is 205 Å². The standard InChI is InChI=1S/C44H25N3OS.C39H24N2S.C38H23N3O/c1-2-11-26(12-3-1)27-21-22-33-37(25-27)47(36-24-23-30-28-13-5-8-19-38(28)48-42(30)40(33)36)44-45-35-18-7-4-15-32(35)41(46-44)34-17-10-16-31-29-14-6-9-20-39(29)49-43(31)34;1-2-10-25(11-3-1)26-18-20-27(21-19-26)32-24-37(40-33-15-7-4-12-28(32)33)41-34-16-8-5-14-31(34)38-35(41)23-22-30-29-13-6-9-17-36(29)42-39(30)38;1-3-11-24(12-4-1)26-19-21-31-30(23-26)36(25-13-5-2-6-14-25)40-38(39-31)41-32-17-9-7-16-29(32)35-33(41)22-20-28-27-15-8-10-18-34(27)42-37(28)35/h1-25H;1-24H;1-23H. The van der Waals surface area contributed by atoms with Crippen molar-refractivity contribution in [3.05, 3.63) is 437 Å². The lowest BCUT2D eigenvalue weighted by Crippen LogP contribution is -2.03. The number of hydrogen-bond acceptors (Lipinski definition) is 9. The Bertz CT molecular complexity index is 9800. The smallest absolute Gasteiger partial charge is 0.235 e. The molecule has 12 heteroatoms. The van der Waals surface area contributed by atoms with Crippen molar-refractivity contribution in [2.24, 2.45) is 0 Å². The van der Waals surface area contributed by atoms with Gasteiger partial charge in [-0.05, 0) is 148 Å². The minimum Gasteiger partial charge on any atom is -0.455 e. The summed E-state index contributed by atoms with van der Waals surface area (Å²) in [7, 11) is 0. The van der Waals surface area contributed by atoms with Crippen LogP contribution in [0.1, 0.15) is 0 Å². The summed E-state index contributed by atoms with van der Waals surface area (Å²) in [6.45, 7) is 0. The molecular formula is C121H72N8O2S2. The zero-order chi connectivity index (χ0) is 87.3. The normalized spacial score (nSPS) is 11.9. The van der Waals surface area contributed by atoms with Crippen molar-refractivity contribution in [1.82, 2.24) is 38.6 Å².